The van der Waals surface area contributed by atoms with Gasteiger partial charge in [0.1, 0.15) is 0 Å². The maximum absolute atomic E-state index is 10.3. The smallest absolute Gasteiger partial charge is 0.0917 e. The van der Waals surface area contributed by atoms with Crippen molar-refractivity contribution >= 4 is 5.69 Å². The van der Waals surface area contributed by atoms with Gasteiger partial charge < -0.3 is 15.6 Å². The summed E-state index contributed by atoms with van der Waals surface area (Å²) in [5, 5.41) is 10.3. The van der Waals surface area contributed by atoms with Crippen LogP contribution in [0.1, 0.15) is 25.0 Å². The third-order valence-electron chi connectivity index (χ3n) is 3.52. The number of aliphatic hydroxyl groups is 1. The summed E-state index contributed by atoms with van der Waals surface area (Å²) >= 11 is 0. The van der Waals surface area contributed by atoms with E-state index in [9.17, 15) is 5.11 Å². The van der Waals surface area contributed by atoms with Crippen molar-refractivity contribution in [1.29, 1.82) is 0 Å². The molecule has 1 saturated heterocycles. The van der Waals surface area contributed by atoms with Crippen molar-refractivity contribution in [2.75, 3.05) is 32.0 Å². The quantitative estimate of drug-likeness (QED) is 0.793. The summed E-state index contributed by atoms with van der Waals surface area (Å²) in [5.74, 6) is 0. The molecule has 0 radical (unpaired) electrons. The van der Waals surface area contributed by atoms with Crippen LogP contribution >= 0.6 is 0 Å². The molecule has 0 saturated carbocycles. The maximum atomic E-state index is 10.3. The largest absolute Gasteiger partial charge is 0.399 e. The maximum Gasteiger partial charge on any atom is 0.0917 e. The normalized spacial score (nSPS) is 22.9. The molecule has 2 rings (SSSR count). The third kappa shape index (κ3) is 3.22. The van der Waals surface area contributed by atoms with Crippen LogP contribution < -0.4 is 5.73 Å². The lowest BCUT2D eigenvalue weighted by molar-refractivity contribution is -0.0277. The van der Waals surface area contributed by atoms with Gasteiger partial charge in [0.2, 0.25) is 0 Å². The van der Waals surface area contributed by atoms with Gasteiger partial charge in [0.05, 0.1) is 19.3 Å². The van der Waals surface area contributed by atoms with Gasteiger partial charge in [-0.3, -0.25) is 4.90 Å². The Labute approximate surface area is 108 Å². The number of morpholine rings is 1. The fourth-order valence-corrected chi connectivity index (χ4v) is 2.40. The van der Waals surface area contributed by atoms with Crippen molar-refractivity contribution in [2.45, 2.75) is 25.5 Å². The molecule has 1 fully saturated rings. The van der Waals surface area contributed by atoms with Gasteiger partial charge in [-0.05, 0) is 24.1 Å². The van der Waals surface area contributed by atoms with E-state index >= 15 is 0 Å². The van der Waals surface area contributed by atoms with Crippen molar-refractivity contribution in [3.63, 3.8) is 0 Å². The van der Waals surface area contributed by atoms with Crippen LogP contribution in [0.5, 0.6) is 0 Å². The lowest BCUT2D eigenvalue weighted by Gasteiger charge is -2.36. The van der Waals surface area contributed by atoms with Crippen LogP contribution in [0, 0.1) is 0 Å². The number of benzene rings is 1. The number of nitrogens with zero attached hydrogens (tertiary/aromatic N) is 1. The minimum absolute atomic E-state index is 0.412. The summed E-state index contributed by atoms with van der Waals surface area (Å²) in [6.07, 6.45) is 0.560. The van der Waals surface area contributed by atoms with Crippen molar-refractivity contribution in [3.8, 4) is 0 Å². The Bertz CT molecular complexity index is 384. The molecule has 3 N–H and O–H groups in total. The first-order valence-electron chi connectivity index (χ1n) is 6.56. The van der Waals surface area contributed by atoms with Gasteiger partial charge in [0.15, 0.2) is 0 Å². The molecule has 0 aromatic heterocycles. The summed E-state index contributed by atoms with van der Waals surface area (Å²) < 4.78 is 5.47. The Morgan fingerprint density at radius 2 is 2.39 bits per heavy atom. The second-order valence-corrected chi connectivity index (χ2v) is 4.82. The number of β-amino-alcohol motifs (C(OH)–C–C–N with tert-alkyl or cyclic N) is 1. The van der Waals surface area contributed by atoms with Gasteiger partial charge in [-0.15, -0.1) is 0 Å². The van der Waals surface area contributed by atoms with Crippen LogP contribution in [0.15, 0.2) is 24.3 Å². The van der Waals surface area contributed by atoms with E-state index in [1.807, 2.05) is 24.3 Å². The van der Waals surface area contributed by atoms with Gasteiger partial charge >= 0.3 is 0 Å². The first-order chi connectivity index (χ1) is 8.70. The summed E-state index contributed by atoms with van der Waals surface area (Å²) in [6.45, 7) is 5.20. The highest BCUT2D eigenvalue weighted by Crippen LogP contribution is 2.20. The predicted molar refractivity (Wildman–Crippen MR) is 72.3 cm³/mol. The van der Waals surface area contributed by atoms with E-state index in [0.717, 1.165) is 31.7 Å². The monoisotopic (exact) mass is 250 g/mol. The second-order valence-electron chi connectivity index (χ2n) is 4.82. The summed E-state index contributed by atoms with van der Waals surface area (Å²) in [6, 6.07) is 7.88. The first-order valence-corrected chi connectivity index (χ1v) is 6.56. The van der Waals surface area contributed by atoms with E-state index < -0.39 is 6.10 Å². The zero-order valence-electron chi connectivity index (χ0n) is 10.9. The lowest BCUT2D eigenvalue weighted by Crippen LogP contribution is -2.46. The van der Waals surface area contributed by atoms with Crippen molar-refractivity contribution < 1.29 is 9.84 Å². The highest BCUT2D eigenvalue weighted by Gasteiger charge is 2.23. The molecule has 1 aromatic rings. The van der Waals surface area contributed by atoms with Gasteiger partial charge in [-0.1, -0.05) is 19.1 Å². The molecule has 2 atom stereocenters. The Kier molecular flexibility index (Phi) is 4.58. The van der Waals surface area contributed by atoms with Gasteiger partial charge in [0.25, 0.3) is 0 Å². The number of nitrogen functional groups attached to an aromatic ring is 1. The fourth-order valence-electron chi connectivity index (χ4n) is 2.40. The molecule has 0 amide bonds. The Morgan fingerprint density at radius 1 is 1.56 bits per heavy atom. The zero-order valence-corrected chi connectivity index (χ0v) is 10.9. The molecule has 4 heteroatoms. The molecular formula is C14H22N2O2. The fraction of sp³-hybridized carbons (Fsp3) is 0.571. The van der Waals surface area contributed by atoms with E-state index in [1.165, 1.54) is 0 Å². The van der Waals surface area contributed by atoms with Crippen LogP contribution in [-0.2, 0) is 4.74 Å². The van der Waals surface area contributed by atoms with E-state index in [2.05, 4.69) is 11.8 Å². The minimum Gasteiger partial charge on any atom is -0.399 e. The molecule has 18 heavy (non-hydrogen) atoms. The minimum atomic E-state index is -0.486. The predicted octanol–water partition coefficient (Wildman–Crippen LogP) is 1.41. The summed E-state index contributed by atoms with van der Waals surface area (Å²) in [4.78, 5) is 2.30. The van der Waals surface area contributed by atoms with Crippen LogP contribution in [0.4, 0.5) is 5.69 Å². The lowest BCUT2D eigenvalue weighted by atomic mass is 10.1. The highest BCUT2D eigenvalue weighted by atomic mass is 16.5. The second kappa shape index (κ2) is 6.18. The average molecular weight is 250 g/mol. The third-order valence-corrected chi connectivity index (χ3v) is 3.52. The van der Waals surface area contributed by atoms with Gasteiger partial charge in [-0.2, -0.15) is 0 Å². The van der Waals surface area contributed by atoms with Crippen LogP contribution in [-0.4, -0.2) is 42.4 Å². The number of ether oxygens (including phenoxy) is 1. The zero-order chi connectivity index (χ0) is 13.0. The first kappa shape index (κ1) is 13.3. The Hall–Kier alpha value is -1.10. The van der Waals surface area contributed by atoms with E-state index in [4.69, 9.17) is 10.5 Å². The number of aliphatic hydroxyl groups excluding tert-OH is 1. The molecular weight excluding hydrogens is 228 g/mol. The van der Waals surface area contributed by atoms with Gasteiger partial charge in [-0.25, -0.2) is 0 Å². The standard InChI is InChI=1S/C14H22N2O2/c1-2-13-10-18-7-6-16(13)9-14(17)11-4-3-5-12(15)8-11/h3-5,8,13-14,17H,2,6-7,9-10,15H2,1H3. The van der Waals surface area contributed by atoms with Crippen molar-refractivity contribution in [1.82, 2.24) is 4.90 Å². The Balaban J connectivity index is 1.99. The van der Waals surface area contributed by atoms with E-state index in [-0.39, 0.29) is 0 Å². The van der Waals surface area contributed by atoms with Crippen molar-refractivity contribution in [2.24, 2.45) is 0 Å². The molecule has 1 aliphatic rings. The topological polar surface area (TPSA) is 58.7 Å². The molecule has 2 unspecified atom stereocenters. The SMILES string of the molecule is CCC1COCCN1CC(O)c1cccc(N)c1. The molecule has 1 heterocycles. The Morgan fingerprint density at radius 3 is 3.11 bits per heavy atom. The number of hydrogen-bond donors (Lipinski definition) is 2. The van der Waals surface area contributed by atoms with Crippen LogP contribution in [0.25, 0.3) is 0 Å². The van der Waals surface area contributed by atoms with Crippen molar-refractivity contribution in [3.05, 3.63) is 29.8 Å². The summed E-state index contributed by atoms with van der Waals surface area (Å²) in [5.41, 5.74) is 7.32. The van der Waals surface area contributed by atoms with E-state index in [1.54, 1.807) is 0 Å². The number of nitrogens with two attached hydrogens (primary N) is 1. The molecule has 1 aliphatic heterocycles. The number of hydrogen-bond acceptors (Lipinski definition) is 4. The molecule has 100 valence electrons. The molecule has 0 spiro atoms. The summed E-state index contributed by atoms with van der Waals surface area (Å²) in [7, 11) is 0. The number of rotatable bonds is 4. The van der Waals surface area contributed by atoms with Crippen LogP contribution in [0.2, 0.25) is 0 Å². The molecule has 0 aliphatic carbocycles. The molecule has 0 bridgehead atoms. The average Bonchev–Trinajstić information content (AvgIpc) is 2.39. The number of anilines is 1. The highest BCUT2D eigenvalue weighted by molar-refractivity contribution is 5.41. The molecule has 4 nitrogen and oxygen atoms in total. The van der Waals surface area contributed by atoms with Crippen LogP contribution in [0.3, 0.4) is 0 Å². The van der Waals surface area contributed by atoms with E-state index in [0.29, 0.717) is 18.3 Å². The molecule has 1 aromatic carbocycles. The van der Waals surface area contributed by atoms with Gasteiger partial charge in [0, 0.05) is 24.8 Å².